The van der Waals surface area contributed by atoms with Gasteiger partial charge < -0.3 is 0 Å². The first-order valence-corrected chi connectivity index (χ1v) is 10.8. The topological polar surface area (TPSA) is 3.88 Å². The predicted molar refractivity (Wildman–Crippen MR) is 123 cm³/mol. The minimum atomic E-state index is -0.0157. The molecule has 0 amide bonds. The van der Waals surface area contributed by atoms with Crippen LogP contribution in [0.4, 0.5) is 0 Å². The molecule has 29 heavy (non-hydrogen) atoms. The molecule has 1 aliphatic carbocycles. The van der Waals surface area contributed by atoms with Crippen LogP contribution in [0, 0.1) is 6.92 Å². The van der Waals surface area contributed by atoms with E-state index in [0.29, 0.717) is 5.92 Å². The fourth-order valence-corrected chi connectivity index (χ4v) is 5.09. The zero-order valence-electron chi connectivity index (χ0n) is 19.2. The summed E-state index contributed by atoms with van der Waals surface area (Å²) >= 11 is 0. The Morgan fingerprint density at radius 3 is 1.86 bits per heavy atom. The highest BCUT2D eigenvalue weighted by molar-refractivity contribution is 5.69. The Hall–Kier alpha value is -2.41. The molecule has 0 atom stereocenters. The van der Waals surface area contributed by atoms with Gasteiger partial charge in [-0.1, -0.05) is 71.9 Å². The number of hydrogen-bond acceptors (Lipinski definition) is 0. The average Bonchev–Trinajstić information content (AvgIpc) is 2.67. The van der Waals surface area contributed by atoms with Crippen LogP contribution in [0.15, 0.2) is 54.7 Å². The summed E-state index contributed by atoms with van der Waals surface area (Å²) in [5, 5.41) is 0. The molecule has 0 radical (unpaired) electrons. The van der Waals surface area contributed by atoms with Crippen LogP contribution < -0.4 is 4.57 Å². The molecular formula is C28H34N+. The summed E-state index contributed by atoms with van der Waals surface area (Å²) in [5.41, 5.74) is 11.2. The Morgan fingerprint density at radius 2 is 1.31 bits per heavy atom. The summed E-state index contributed by atoms with van der Waals surface area (Å²) in [7, 11) is 2.16. The van der Waals surface area contributed by atoms with Crippen molar-refractivity contribution in [2.24, 2.45) is 7.05 Å². The van der Waals surface area contributed by atoms with E-state index in [2.05, 4.69) is 115 Å². The molecule has 0 N–H and O–H groups in total. The highest BCUT2D eigenvalue weighted by Crippen LogP contribution is 2.50. The van der Waals surface area contributed by atoms with E-state index in [4.69, 9.17) is 0 Å². The Bertz CT molecular complexity index is 1100. The van der Waals surface area contributed by atoms with E-state index in [1.54, 1.807) is 0 Å². The summed E-state index contributed by atoms with van der Waals surface area (Å²) in [6.45, 7) is 16.3. The molecule has 0 aliphatic heterocycles. The number of fused-ring (bicyclic) bond motifs is 2. The van der Waals surface area contributed by atoms with Crippen molar-refractivity contribution < 1.29 is 4.57 Å². The number of aryl methyl sites for hydroxylation is 2. The lowest BCUT2D eigenvalue weighted by molar-refractivity contribution is -0.660. The third-order valence-corrected chi connectivity index (χ3v) is 7.10. The van der Waals surface area contributed by atoms with Crippen LogP contribution in [0.2, 0.25) is 0 Å². The van der Waals surface area contributed by atoms with Gasteiger partial charge in [-0.05, 0) is 52.3 Å². The van der Waals surface area contributed by atoms with Gasteiger partial charge in [-0.15, -0.1) is 0 Å². The number of rotatable bonds is 2. The van der Waals surface area contributed by atoms with Crippen molar-refractivity contribution in [2.75, 3.05) is 0 Å². The molecule has 1 heterocycles. The average molecular weight is 385 g/mol. The predicted octanol–water partition coefficient (Wildman–Crippen LogP) is 6.58. The third-order valence-electron chi connectivity index (χ3n) is 7.10. The summed E-state index contributed by atoms with van der Waals surface area (Å²) in [5.74, 6) is 0.523. The Balaban J connectivity index is 2.00. The smallest absolute Gasteiger partial charge is 0.201 e. The molecule has 150 valence electrons. The molecule has 0 unspecified atom stereocenters. The summed E-state index contributed by atoms with van der Waals surface area (Å²) in [6, 6.07) is 18.5. The minimum absolute atomic E-state index is 0.00665. The van der Waals surface area contributed by atoms with Gasteiger partial charge in [-0.25, -0.2) is 4.57 Å². The van der Waals surface area contributed by atoms with E-state index in [-0.39, 0.29) is 10.8 Å². The van der Waals surface area contributed by atoms with Crippen LogP contribution in [0.1, 0.15) is 80.8 Å². The first kappa shape index (κ1) is 19.9. The number of benzene rings is 2. The molecule has 0 saturated heterocycles. The molecule has 1 aromatic heterocycles. The minimum Gasteiger partial charge on any atom is -0.201 e. The molecule has 0 saturated carbocycles. The summed E-state index contributed by atoms with van der Waals surface area (Å²) in [6.07, 6.45) is 2.20. The van der Waals surface area contributed by atoms with E-state index in [0.717, 1.165) is 0 Å². The second-order valence-corrected chi connectivity index (χ2v) is 10.1. The largest absolute Gasteiger partial charge is 0.212 e. The summed E-state index contributed by atoms with van der Waals surface area (Å²) in [4.78, 5) is 0. The van der Waals surface area contributed by atoms with E-state index >= 15 is 0 Å². The molecule has 2 aromatic carbocycles. The van der Waals surface area contributed by atoms with Crippen molar-refractivity contribution in [3.63, 3.8) is 0 Å². The van der Waals surface area contributed by atoms with Crippen molar-refractivity contribution in [1.29, 1.82) is 0 Å². The van der Waals surface area contributed by atoms with Gasteiger partial charge in [0.05, 0.1) is 0 Å². The zero-order valence-corrected chi connectivity index (χ0v) is 19.2. The Labute approximate surface area is 176 Å². The molecule has 4 rings (SSSR count). The molecule has 0 spiro atoms. The van der Waals surface area contributed by atoms with E-state index < -0.39 is 0 Å². The second-order valence-electron chi connectivity index (χ2n) is 10.1. The first-order valence-electron chi connectivity index (χ1n) is 10.8. The molecule has 0 fully saturated rings. The fraction of sp³-hybridized carbons (Fsp3) is 0.393. The first-order chi connectivity index (χ1) is 13.5. The van der Waals surface area contributed by atoms with Gasteiger partial charge in [0.1, 0.15) is 7.05 Å². The standard InChI is InChI=1S/C28H34N/c1-18(2)20-13-14-29(8)26(16-20)21-17-25-24(15-19(21)3)27(4,5)22-11-9-10-12-23(22)28(25,6)7/h9-18H,1-8H3/q+1. The van der Waals surface area contributed by atoms with Gasteiger partial charge in [0.2, 0.25) is 5.69 Å². The molecular weight excluding hydrogens is 350 g/mol. The van der Waals surface area contributed by atoms with Crippen LogP contribution in [0.5, 0.6) is 0 Å². The lowest BCUT2D eigenvalue weighted by Crippen LogP contribution is -2.37. The van der Waals surface area contributed by atoms with Gasteiger partial charge in [0.25, 0.3) is 0 Å². The fourth-order valence-electron chi connectivity index (χ4n) is 5.09. The van der Waals surface area contributed by atoms with Gasteiger partial charge in [0, 0.05) is 28.5 Å². The van der Waals surface area contributed by atoms with Crippen LogP contribution in [0.25, 0.3) is 11.3 Å². The van der Waals surface area contributed by atoms with Crippen molar-refractivity contribution in [2.45, 2.75) is 65.2 Å². The molecule has 1 heteroatoms. The van der Waals surface area contributed by atoms with Crippen LogP contribution in [-0.4, -0.2) is 0 Å². The lowest BCUT2D eigenvalue weighted by atomic mass is 9.59. The van der Waals surface area contributed by atoms with E-state index in [9.17, 15) is 0 Å². The van der Waals surface area contributed by atoms with Crippen molar-refractivity contribution in [3.8, 4) is 11.3 Å². The summed E-state index contributed by atoms with van der Waals surface area (Å²) < 4.78 is 2.26. The maximum atomic E-state index is 2.47. The number of hydrogen-bond donors (Lipinski definition) is 0. The maximum absolute atomic E-state index is 2.47. The van der Waals surface area contributed by atoms with Crippen LogP contribution in [-0.2, 0) is 17.9 Å². The number of pyridine rings is 1. The number of aromatic nitrogens is 1. The third kappa shape index (κ3) is 2.94. The van der Waals surface area contributed by atoms with Gasteiger partial charge in [-0.3, -0.25) is 0 Å². The molecule has 3 aromatic rings. The second kappa shape index (κ2) is 6.55. The normalized spacial score (nSPS) is 16.4. The lowest BCUT2D eigenvalue weighted by Gasteiger charge is -2.44. The van der Waals surface area contributed by atoms with E-state index in [1.165, 1.54) is 44.6 Å². The number of nitrogens with zero attached hydrogens (tertiary/aromatic N) is 1. The van der Waals surface area contributed by atoms with Crippen molar-refractivity contribution >= 4 is 0 Å². The van der Waals surface area contributed by atoms with Crippen LogP contribution >= 0.6 is 0 Å². The highest BCUT2D eigenvalue weighted by Gasteiger charge is 2.42. The SMILES string of the molecule is Cc1cc2c(cc1-c1cc(C(C)C)cc[n+]1C)C(C)(C)c1ccccc1C2(C)C. The molecule has 1 aliphatic rings. The zero-order chi connectivity index (χ0) is 21.1. The Morgan fingerprint density at radius 1 is 0.759 bits per heavy atom. The van der Waals surface area contributed by atoms with Crippen LogP contribution in [0.3, 0.4) is 0 Å². The highest BCUT2D eigenvalue weighted by atomic mass is 14.9. The van der Waals surface area contributed by atoms with Crippen molar-refractivity contribution in [1.82, 2.24) is 0 Å². The van der Waals surface area contributed by atoms with Gasteiger partial charge in [-0.2, -0.15) is 0 Å². The monoisotopic (exact) mass is 384 g/mol. The maximum Gasteiger partial charge on any atom is 0.212 e. The van der Waals surface area contributed by atoms with E-state index in [1.807, 2.05) is 0 Å². The molecule has 1 nitrogen and oxygen atoms in total. The van der Waals surface area contributed by atoms with Crippen molar-refractivity contribution in [3.05, 3.63) is 88.1 Å². The molecule has 0 bridgehead atoms. The van der Waals surface area contributed by atoms with Gasteiger partial charge in [0.15, 0.2) is 6.20 Å². The Kier molecular flexibility index (Phi) is 4.49. The quantitative estimate of drug-likeness (QED) is 0.440. The van der Waals surface area contributed by atoms with Gasteiger partial charge >= 0.3 is 0 Å².